The largest absolute Gasteiger partial charge is 0.317 e. The van der Waals surface area contributed by atoms with Crippen LogP contribution in [0.1, 0.15) is 21.9 Å². The Morgan fingerprint density at radius 1 is 1.08 bits per heavy atom. The number of nitrogens with zero attached hydrogens (tertiary/aromatic N) is 3. The number of halogens is 2. The minimum Gasteiger partial charge on any atom is -0.317 e. The van der Waals surface area contributed by atoms with E-state index in [1.807, 2.05) is 44.2 Å². The fourth-order valence-corrected chi connectivity index (χ4v) is 2.73. The van der Waals surface area contributed by atoms with Gasteiger partial charge in [-0.3, -0.25) is 4.79 Å². The molecule has 5 nitrogen and oxygen atoms in total. The Balaban J connectivity index is 1.95. The van der Waals surface area contributed by atoms with Gasteiger partial charge in [0.2, 0.25) is 0 Å². The van der Waals surface area contributed by atoms with E-state index in [0.29, 0.717) is 11.4 Å². The summed E-state index contributed by atoms with van der Waals surface area (Å²) in [6.07, 6.45) is 0. The van der Waals surface area contributed by atoms with Gasteiger partial charge < -0.3 is 5.32 Å². The Bertz CT molecular complexity index is 906. The highest BCUT2D eigenvalue weighted by Crippen LogP contribution is 2.24. The fourth-order valence-electron chi connectivity index (χ4n) is 2.39. The molecule has 0 aliphatic carbocycles. The van der Waals surface area contributed by atoms with Crippen molar-refractivity contribution in [3.63, 3.8) is 0 Å². The van der Waals surface area contributed by atoms with Crippen molar-refractivity contribution in [3.8, 4) is 5.69 Å². The van der Waals surface area contributed by atoms with E-state index in [0.717, 1.165) is 11.4 Å². The van der Waals surface area contributed by atoms with E-state index in [4.69, 9.17) is 23.2 Å². The summed E-state index contributed by atoms with van der Waals surface area (Å²) in [6, 6.07) is 12.8. The second kappa shape index (κ2) is 6.63. The molecule has 122 valence electrons. The van der Waals surface area contributed by atoms with Crippen LogP contribution < -0.4 is 5.32 Å². The number of aryl methyl sites for hydroxylation is 1. The molecule has 0 atom stereocenters. The molecule has 1 amide bonds. The van der Waals surface area contributed by atoms with Crippen molar-refractivity contribution in [1.29, 1.82) is 0 Å². The molecule has 0 bridgehead atoms. The van der Waals surface area contributed by atoms with Crippen LogP contribution in [-0.4, -0.2) is 20.7 Å². The van der Waals surface area contributed by atoms with Gasteiger partial charge in [-0.2, -0.15) is 5.10 Å². The number of carbonyl (C=O) groups is 1. The first-order valence-corrected chi connectivity index (χ1v) is 7.98. The molecule has 0 unspecified atom stereocenters. The SMILES string of the molecule is Cc1nn(-c2ccccc2)c(C)c1NC(=O)c1nc(Cl)ccc1Cl. The van der Waals surface area contributed by atoms with Crippen LogP contribution in [0.2, 0.25) is 10.2 Å². The Labute approximate surface area is 149 Å². The van der Waals surface area contributed by atoms with Gasteiger partial charge in [0.05, 0.1) is 27.8 Å². The number of amides is 1. The van der Waals surface area contributed by atoms with Gasteiger partial charge in [0, 0.05) is 0 Å². The Morgan fingerprint density at radius 3 is 2.50 bits per heavy atom. The average Bonchev–Trinajstić information content (AvgIpc) is 2.86. The van der Waals surface area contributed by atoms with Crippen LogP contribution in [0.5, 0.6) is 0 Å². The molecule has 0 fully saturated rings. The minimum atomic E-state index is -0.429. The monoisotopic (exact) mass is 360 g/mol. The van der Waals surface area contributed by atoms with Crippen molar-refractivity contribution in [2.24, 2.45) is 0 Å². The predicted molar refractivity (Wildman–Crippen MR) is 95.2 cm³/mol. The number of hydrogen-bond donors (Lipinski definition) is 1. The van der Waals surface area contributed by atoms with E-state index >= 15 is 0 Å². The molecular weight excluding hydrogens is 347 g/mol. The highest BCUT2D eigenvalue weighted by molar-refractivity contribution is 6.35. The quantitative estimate of drug-likeness (QED) is 0.702. The van der Waals surface area contributed by atoms with Gasteiger partial charge in [0.25, 0.3) is 5.91 Å². The van der Waals surface area contributed by atoms with Gasteiger partial charge in [-0.25, -0.2) is 9.67 Å². The van der Waals surface area contributed by atoms with Gasteiger partial charge in [-0.15, -0.1) is 0 Å². The molecule has 0 spiro atoms. The van der Waals surface area contributed by atoms with Gasteiger partial charge in [0.15, 0.2) is 0 Å². The highest BCUT2D eigenvalue weighted by Gasteiger charge is 2.19. The third kappa shape index (κ3) is 3.13. The number of anilines is 1. The summed E-state index contributed by atoms with van der Waals surface area (Å²) in [7, 11) is 0. The number of pyridine rings is 1. The number of rotatable bonds is 3. The molecule has 2 aromatic heterocycles. The smallest absolute Gasteiger partial charge is 0.275 e. The van der Waals surface area contributed by atoms with Crippen molar-refractivity contribution in [2.75, 3.05) is 5.32 Å². The number of para-hydroxylation sites is 1. The van der Waals surface area contributed by atoms with Crippen LogP contribution in [0.4, 0.5) is 5.69 Å². The highest BCUT2D eigenvalue weighted by atomic mass is 35.5. The van der Waals surface area contributed by atoms with E-state index in [2.05, 4.69) is 15.4 Å². The molecule has 24 heavy (non-hydrogen) atoms. The number of benzene rings is 1. The van der Waals surface area contributed by atoms with Crippen molar-refractivity contribution in [3.05, 3.63) is 69.7 Å². The lowest BCUT2D eigenvalue weighted by Crippen LogP contribution is -2.15. The zero-order valence-corrected chi connectivity index (χ0v) is 14.6. The minimum absolute atomic E-state index is 0.0791. The summed E-state index contributed by atoms with van der Waals surface area (Å²) in [5.41, 5.74) is 3.13. The lowest BCUT2D eigenvalue weighted by molar-refractivity contribution is 0.102. The number of hydrogen-bond acceptors (Lipinski definition) is 3. The molecule has 0 saturated heterocycles. The summed E-state index contributed by atoms with van der Waals surface area (Å²) in [6.45, 7) is 3.71. The zero-order chi connectivity index (χ0) is 17.3. The van der Waals surface area contributed by atoms with E-state index in [-0.39, 0.29) is 15.9 Å². The normalized spacial score (nSPS) is 10.7. The Morgan fingerprint density at radius 2 is 1.79 bits per heavy atom. The maximum absolute atomic E-state index is 12.5. The van der Waals surface area contributed by atoms with E-state index in [1.165, 1.54) is 6.07 Å². The molecule has 0 radical (unpaired) electrons. The van der Waals surface area contributed by atoms with Crippen LogP contribution in [0.3, 0.4) is 0 Å². The molecule has 1 N–H and O–H groups in total. The Hall–Kier alpha value is -2.37. The van der Waals surface area contributed by atoms with E-state index in [1.54, 1.807) is 10.7 Å². The summed E-state index contributed by atoms with van der Waals surface area (Å²) in [5, 5.41) is 7.76. The van der Waals surface area contributed by atoms with Gasteiger partial charge in [0.1, 0.15) is 10.8 Å². The van der Waals surface area contributed by atoms with Crippen molar-refractivity contribution >= 4 is 34.8 Å². The van der Waals surface area contributed by atoms with E-state index in [9.17, 15) is 4.79 Å². The molecule has 1 aromatic carbocycles. The van der Waals surface area contributed by atoms with Crippen molar-refractivity contribution < 1.29 is 4.79 Å². The molecule has 3 aromatic rings. The number of aromatic nitrogens is 3. The maximum atomic E-state index is 12.5. The number of carbonyl (C=O) groups excluding carboxylic acids is 1. The van der Waals surface area contributed by atoms with Gasteiger partial charge in [-0.1, -0.05) is 41.4 Å². The van der Waals surface area contributed by atoms with Crippen LogP contribution in [-0.2, 0) is 0 Å². The molecule has 0 aliphatic rings. The second-order valence-electron chi connectivity index (χ2n) is 5.21. The first kappa shape index (κ1) is 16.5. The predicted octanol–water partition coefficient (Wildman–Crippen LogP) is 4.44. The molecule has 3 rings (SSSR count). The molecule has 0 aliphatic heterocycles. The molecular formula is C17H14Cl2N4O. The molecule has 2 heterocycles. The zero-order valence-electron chi connectivity index (χ0n) is 13.0. The molecule has 7 heteroatoms. The summed E-state index contributed by atoms with van der Waals surface area (Å²) < 4.78 is 1.78. The van der Waals surface area contributed by atoms with Crippen molar-refractivity contribution in [1.82, 2.24) is 14.8 Å². The first-order chi connectivity index (χ1) is 11.5. The van der Waals surface area contributed by atoms with Crippen LogP contribution in [0.25, 0.3) is 5.69 Å². The Kier molecular flexibility index (Phi) is 4.55. The second-order valence-corrected chi connectivity index (χ2v) is 6.01. The lowest BCUT2D eigenvalue weighted by Gasteiger charge is -2.08. The van der Waals surface area contributed by atoms with Crippen LogP contribution in [0.15, 0.2) is 42.5 Å². The van der Waals surface area contributed by atoms with Gasteiger partial charge in [-0.05, 0) is 38.1 Å². The van der Waals surface area contributed by atoms with Crippen LogP contribution in [0, 0.1) is 13.8 Å². The number of nitrogens with one attached hydrogen (secondary N) is 1. The van der Waals surface area contributed by atoms with Gasteiger partial charge >= 0.3 is 0 Å². The topological polar surface area (TPSA) is 59.8 Å². The van der Waals surface area contributed by atoms with Crippen molar-refractivity contribution in [2.45, 2.75) is 13.8 Å². The molecule has 0 saturated carbocycles. The average molecular weight is 361 g/mol. The maximum Gasteiger partial charge on any atom is 0.275 e. The fraction of sp³-hybridized carbons (Fsp3) is 0.118. The summed E-state index contributed by atoms with van der Waals surface area (Å²) >= 11 is 11.9. The standard InChI is InChI=1S/C17H14Cl2N4O/c1-10-15(11(2)23(22-10)12-6-4-3-5-7-12)21-17(24)16-13(18)8-9-14(19)20-16/h3-9H,1-2H3,(H,21,24). The third-order valence-corrected chi connectivity index (χ3v) is 4.07. The summed E-state index contributed by atoms with van der Waals surface area (Å²) in [5.74, 6) is -0.429. The van der Waals surface area contributed by atoms with E-state index < -0.39 is 5.91 Å². The third-order valence-electron chi connectivity index (χ3n) is 3.56. The summed E-state index contributed by atoms with van der Waals surface area (Å²) in [4.78, 5) is 16.5. The van der Waals surface area contributed by atoms with Crippen LogP contribution >= 0.6 is 23.2 Å². The first-order valence-electron chi connectivity index (χ1n) is 7.22. The lowest BCUT2D eigenvalue weighted by atomic mass is 10.2.